The van der Waals surface area contributed by atoms with Gasteiger partial charge in [0.2, 0.25) is 18.0 Å². The van der Waals surface area contributed by atoms with Gasteiger partial charge in [-0.1, -0.05) is 70.2 Å². The summed E-state index contributed by atoms with van der Waals surface area (Å²) in [5.41, 5.74) is 7.29. The maximum atomic E-state index is 13.8. The minimum Gasteiger partial charge on any atom is -0.465 e. The number of likely N-dealkylation sites (tertiary alicyclic amines) is 2. The number of fused-ring (bicyclic) bond motifs is 5. The second-order valence-corrected chi connectivity index (χ2v) is 17.8. The zero-order valence-electron chi connectivity index (χ0n) is 37.5. The number of hydrogen-bond donors (Lipinski definition) is 3. The molecule has 3 N–H and O–H groups in total. The van der Waals surface area contributed by atoms with Gasteiger partial charge < -0.3 is 44.2 Å². The maximum Gasteiger partial charge on any atom is 0.407 e. The van der Waals surface area contributed by atoms with E-state index >= 15 is 0 Å². The number of alkyl carbamates (subject to hydrolysis) is 2. The Morgan fingerprint density at radius 3 is 2.18 bits per heavy atom. The Labute approximate surface area is 377 Å². The molecule has 338 valence electrons. The van der Waals surface area contributed by atoms with Crippen LogP contribution < -0.4 is 15.4 Å². The summed E-state index contributed by atoms with van der Waals surface area (Å²) >= 11 is 0. The molecule has 0 spiro atoms. The van der Waals surface area contributed by atoms with Crippen LogP contribution in [0.15, 0.2) is 89.0 Å². The largest absolute Gasteiger partial charge is 0.465 e. The number of imidazole rings is 1. The Bertz CT molecular complexity index is 2690. The smallest absolute Gasteiger partial charge is 0.407 e. The second kappa shape index (κ2) is 17.9. The van der Waals surface area contributed by atoms with Crippen molar-refractivity contribution in [2.24, 2.45) is 21.8 Å². The van der Waals surface area contributed by atoms with E-state index in [9.17, 15) is 19.2 Å². The molecule has 5 aromatic rings. The summed E-state index contributed by atoms with van der Waals surface area (Å²) in [6, 6.07) is 22.9. The Hall–Kier alpha value is -6.97. The first-order valence-corrected chi connectivity index (χ1v) is 22.4. The molecule has 0 radical (unpaired) electrons. The first kappa shape index (κ1) is 43.3. The third-order valence-electron chi connectivity index (χ3n) is 13.0. The molecule has 4 aliphatic heterocycles. The van der Waals surface area contributed by atoms with Gasteiger partial charge in [0.1, 0.15) is 23.7 Å². The third-order valence-corrected chi connectivity index (χ3v) is 13.0. The molecule has 2 saturated heterocycles. The van der Waals surface area contributed by atoms with Gasteiger partial charge in [0.25, 0.3) is 0 Å². The number of carbonyl (C=O) groups is 4. The molecule has 16 heteroatoms. The average molecular weight is 882 g/mol. The van der Waals surface area contributed by atoms with Crippen molar-refractivity contribution < 1.29 is 33.4 Å². The summed E-state index contributed by atoms with van der Waals surface area (Å²) in [4.78, 5) is 73.5. The van der Waals surface area contributed by atoms with E-state index in [0.29, 0.717) is 30.4 Å². The molecular weight excluding hydrogens is 827 g/mol. The summed E-state index contributed by atoms with van der Waals surface area (Å²) in [5.74, 6) is 0.846. The number of nitrogens with zero attached hydrogens (tertiary/aromatic N) is 6. The van der Waals surface area contributed by atoms with E-state index in [1.54, 1.807) is 6.21 Å². The molecule has 0 aliphatic carbocycles. The minimum absolute atomic E-state index is 0.128. The van der Waals surface area contributed by atoms with Crippen molar-refractivity contribution in [2.75, 3.05) is 27.3 Å². The number of H-pyrrole nitrogens is 1. The number of aliphatic imine (C=N–C) groups is 2. The number of carbonyl (C=O) groups excluding carboxylic acids is 4. The highest BCUT2D eigenvalue weighted by atomic mass is 16.5. The van der Waals surface area contributed by atoms with Crippen LogP contribution in [-0.2, 0) is 19.1 Å². The molecule has 65 heavy (non-hydrogen) atoms. The lowest BCUT2D eigenvalue weighted by Crippen LogP contribution is -2.53. The van der Waals surface area contributed by atoms with Gasteiger partial charge in [-0.25, -0.2) is 14.6 Å². The summed E-state index contributed by atoms with van der Waals surface area (Å²) in [6.45, 7) is 8.74. The summed E-state index contributed by atoms with van der Waals surface area (Å²) < 4.78 is 18.8. The molecule has 0 saturated carbocycles. The lowest BCUT2D eigenvalue weighted by molar-refractivity contribution is -0.136. The number of rotatable bonds is 11. The van der Waals surface area contributed by atoms with E-state index in [2.05, 4.69) is 62.6 Å². The highest BCUT2D eigenvalue weighted by molar-refractivity contribution is 6.39. The fourth-order valence-electron chi connectivity index (χ4n) is 9.65. The van der Waals surface area contributed by atoms with Gasteiger partial charge in [0.05, 0.1) is 55.1 Å². The van der Waals surface area contributed by atoms with Gasteiger partial charge in [-0.2, -0.15) is 0 Å². The topological polar surface area (TPSA) is 185 Å². The van der Waals surface area contributed by atoms with Crippen LogP contribution in [-0.4, -0.2) is 112 Å². The van der Waals surface area contributed by atoms with Crippen LogP contribution in [0.5, 0.6) is 5.75 Å². The number of ether oxygens (including phenoxy) is 3. The molecule has 9 rings (SSSR count). The maximum absolute atomic E-state index is 13.8. The minimum atomic E-state index is -0.720. The third kappa shape index (κ3) is 8.21. The summed E-state index contributed by atoms with van der Waals surface area (Å²) in [6.07, 6.45) is 4.56. The Morgan fingerprint density at radius 1 is 0.800 bits per heavy atom. The van der Waals surface area contributed by atoms with Crippen molar-refractivity contribution >= 4 is 46.8 Å². The fourth-order valence-corrected chi connectivity index (χ4v) is 9.65. The van der Waals surface area contributed by atoms with Crippen LogP contribution in [0.25, 0.3) is 33.4 Å². The van der Waals surface area contributed by atoms with Gasteiger partial charge in [0, 0.05) is 46.9 Å². The molecule has 0 unspecified atom stereocenters. The van der Waals surface area contributed by atoms with Crippen molar-refractivity contribution in [1.82, 2.24) is 35.0 Å². The number of benzene rings is 3. The first-order chi connectivity index (χ1) is 31.4. The van der Waals surface area contributed by atoms with Crippen LogP contribution in [0.4, 0.5) is 9.59 Å². The van der Waals surface area contributed by atoms with E-state index in [4.69, 9.17) is 29.2 Å². The Balaban J connectivity index is 0.993. The van der Waals surface area contributed by atoms with Gasteiger partial charge in [0.15, 0.2) is 6.17 Å². The van der Waals surface area contributed by atoms with E-state index in [1.807, 2.05) is 74.0 Å². The van der Waals surface area contributed by atoms with E-state index in [1.165, 1.54) is 14.2 Å². The summed E-state index contributed by atoms with van der Waals surface area (Å²) in [5, 5.41) is 6.45. The van der Waals surface area contributed by atoms with Gasteiger partial charge in [-0.05, 0) is 67.9 Å². The number of hydrogen-bond acceptors (Lipinski definition) is 10. The highest BCUT2D eigenvalue weighted by Crippen LogP contribution is 2.45. The lowest BCUT2D eigenvalue weighted by Gasteiger charge is -2.31. The van der Waals surface area contributed by atoms with Crippen molar-refractivity contribution in [3.05, 3.63) is 95.9 Å². The number of aromatic amines is 1. The predicted molar refractivity (Wildman–Crippen MR) is 246 cm³/mol. The molecule has 4 aliphatic rings. The quantitative estimate of drug-likeness (QED) is 0.124. The van der Waals surface area contributed by atoms with E-state index in [0.717, 1.165) is 70.2 Å². The molecule has 4 amide bonds. The lowest BCUT2D eigenvalue weighted by atomic mass is 10.0. The normalized spacial score (nSPS) is 20.9. The van der Waals surface area contributed by atoms with E-state index < -0.39 is 36.7 Å². The molecule has 6 atom stereocenters. The molecule has 3 aromatic carbocycles. The van der Waals surface area contributed by atoms with Crippen molar-refractivity contribution in [3.8, 4) is 28.3 Å². The molecule has 0 bridgehead atoms. The number of nitrogens with one attached hydrogen (secondary N) is 3. The van der Waals surface area contributed by atoms with Crippen molar-refractivity contribution in [2.45, 2.75) is 89.9 Å². The van der Waals surface area contributed by atoms with Gasteiger partial charge >= 0.3 is 12.2 Å². The molecule has 6 heterocycles. The molecule has 2 fully saturated rings. The zero-order valence-corrected chi connectivity index (χ0v) is 37.5. The van der Waals surface area contributed by atoms with Crippen LogP contribution in [0.3, 0.4) is 0 Å². The number of aromatic nitrogens is 3. The van der Waals surface area contributed by atoms with Crippen LogP contribution in [0.2, 0.25) is 0 Å². The molecule has 16 nitrogen and oxygen atoms in total. The Morgan fingerprint density at radius 2 is 1.48 bits per heavy atom. The molecule has 2 aromatic heterocycles. The number of amides is 4. The van der Waals surface area contributed by atoms with Gasteiger partial charge in [-0.3, -0.25) is 19.6 Å². The average Bonchev–Trinajstić information content (AvgIpc) is 4.18. The van der Waals surface area contributed by atoms with Crippen LogP contribution in [0.1, 0.15) is 82.6 Å². The van der Waals surface area contributed by atoms with Crippen LogP contribution in [0, 0.1) is 11.8 Å². The van der Waals surface area contributed by atoms with Crippen molar-refractivity contribution in [3.63, 3.8) is 0 Å². The standard InChI is InChI=1S/C49H55N9O7/c1-27(2)41(54-48(61)63-5)45(59)56-20-10-14-37(56)43-50-25-34(52-43)30-17-19-36-32(22-30)23-39-33-18-16-31(24-40(33)65-47(58(36)39)29-12-8-7-9-13-29)35-26-51-44(53-35)38-15-11-21-57(38)46(60)42(28(3)4)55-49(62)64-6/h7-9,12-13,16-19,22-28,37-38,41-42,44,47H,10-11,14-15,20-21H2,1-6H3,(H,50,52)(H,54,61)(H,55,62)/t37-,38-,41-,42-,44+,47-/m0/s1. The fraction of sp³-hybridized carbons (Fsp3) is 0.408. The predicted octanol–water partition coefficient (Wildman–Crippen LogP) is 7.25. The van der Waals surface area contributed by atoms with E-state index in [-0.39, 0.29) is 35.7 Å². The van der Waals surface area contributed by atoms with Gasteiger partial charge in [-0.15, -0.1) is 0 Å². The SMILES string of the molecule is COC(=O)N[C@H](C(=O)N1CCC[C@H]1c1ncc(-c2ccc3c(c2)cc2n3[C@H](c3ccccc3)Oc3cc(C4=N[C@H]([C@@H]5CCCN5C(=O)[C@@H](NC(=O)OC)C(C)C)N=C4)ccc3-2)[nH]1)C(C)C. The second-order valence-electron chi connectivity index (χ2n) is 17.8. The summed E-state index contributed by atoms with van der Waals surface area (Å²) in [7, 11) is 2.58. The highest BCUT2D eigenvalue weighted by Gasteiger charge is 2.41. The Kier molecular flexibility index (Phi) is 11.9. The van der Waals surface area contributed by atoms with Crippen LogP contribution >= 0.6 is 0 Å². The monoisotopic (exact) mass is 881 g/mol. The van der Waals surface area contributed by atoms with Crippen molar-refractivity contribution in [1.29, 1.82) is 0 Å². The first-order valence-electron chi connectivity index (χ1n) is 22.4. The number of methoxy groups -OCH3 is 2. The molecular formula is C49H55N9O7. The zero-order chi connectivity index (χ0) is 45.5.